The van der Waals surface area contributed by atoms with Crippen LogP contribution in [-0.2, 0) is 4.79 Å². The van der Waals surface area contributed by atoms with Gasteiger partial charge in [0, 0.05) is 6.54 Å². The van der Waals surface area contributed by atoms with E-state index in [0.29, 0.717) is 0 Å². The molecule has 0 rings (SSSR count). The highest BCUT2D eigenvalue weighted by Gasteiger charge is 2.32. The summed E-state index contributed by atoms with van der Waals surface area (Å²) in [6, 6.07) is -0.832. The van der Waals surface area contributed by atoms with E-state index in [1.807, 2.05) is 0 Å². The second kappa shape index (κ2) is 5.55. The summed E-state index contributed by atoms with van der Waals surface area (Å²) in [5.41, 5.74) is -0.516. The van der Waals surface area contributed by atoms with Crippen LogP contribution in [0.4, 0.5) is 4.79 Å². The lowest BCUT2D eigenvalue weighted by Crippen LogP contribution is -2.53. The number of nitrogens with one attached hydrogen (secondary N) is 2. The van der Waals surface area contributed by atoms with E-state index >= 15 is 0 Å². The number of carbonyl (C=O) groups is 2. The summed E-state index contributed by atoms with van der Waals surface area (Å²) in [5.74, 6) is -0.432. The van der Waals surface area contributed by atoms with Crippen LogP contribution in [0.25, 0.3) is 0 Å². The summed E-state index contributed by atoms with van der Waals surface area (Å²) in [5, 5.41) is 21.7. The number of carboxylic acid groups (broad SMARTS) is 1. The van der Waals surface area contributed by atoms with Crippen molar-refractivity contribution in [1.82, 2.24) is 10.6 Å². The highest BCUT2D eigenvalue weighted by molar-refractivity contribution is 5.85. The van der Waals surface area contributed by atoms with Gasteiger partial charge in [-0.2, -0.15) is 0 Å². The van der Waals surface area contributed by atoms with Crippen molar-refractivity contribution in [1.29, 1.82) is 0 Å². The molecule has 0 fully saturated rings. The number of aliphatic hydroxyl groups excluding tert-OH is 1. The molecule has 6 nitrogen and oxygen atoms in total. The van der Waals surface area contributed by atoms with Crippen LogP contribution >= 0.6 is 0 Å². The maximum Gasteiger partial charge on any atom is 0.405 e. The Kier molecular flexibility index (Phi) is 5.07. The topological polar surface area (TPSA) is 98.7 Å². The summed E-state index contributed by atoms with van der Waals surface area (Å²) in [6.07, 6.45) is -1.24. The molecular weight excluding hydrogens is 200 g/mol. The van der Waals surface area contributed by atoms with E-state index in [4.69, 9.17) is 10.2 Å². The highest BCUT2D eigenvalue weighted by atomic mass is 16.4. The standard InChI is InChI=1S/C9H18N2O4/c1-9(2,3)6(11-8(14)15)7(13)10-4-5-12/h6,11-12H,4-5H2,1-3H3,(H,10,13)(H,14,15)/t6-/m1/s1. The summed E-state index contributed by atoms with van der Waals surface area (Å²) < 4.78 is 0. The van der Waals surface area contributed by atoms with Crippen LogP contribution in [0.2, 0.25) is 0 Å². The molecule has 0 spiro atoms. The zero-order valence-corrected chi connectivity index (χ0v) is 9.20. The predicted octanol–water partition coefficient (Wildman–Crippen LogP) is -0.223. The molecule has 0 heterocycles. The average Bonchev–Trinajstić information content (AvgIpc) is 2.08. The SMILES string of the molecule is CC(C)(C)[C@H](NC(=O)O)C(=O)NCCO. The first-order valence-corrected chi connectivity index (χ1v) is 4.67. The average molecular weight is 218 g/mol. The van der Waals surface area contributed by atoms with Gasteiger partial charge in [0.1, 0.15) is 6.04 Å². The Bertz CT molecular complexity index is 235. The second-order valence-electron chi connectivity index (χ2n) is 4.26. The molecule has 0 aromatic rings. The van der Waals surface area contributed by atoms with E-state index in [0.717, 1.165) is 0 Å². The molecule has 0 aliphatic heterocycles. The molecular formula is C9H18N2O4. The third kappa shape index (κ3) is 5.21. The van der Waals surface area contributed by atoms with Gasteiger partial charge in [0.25, 0.3) is 0 Å². The van der Waals surface area contributed by atoms with Gasteiger partial charge in [-0.15, -0.1) is 0 Å². The molecule has 88 valence electrons. The maximum atomic E-state index is 11.5. The summed E-state index contributed by atoms with van der Waals surface area (Å²) in [7, 11) is 0. The van der Waals surface area contributed by atoms with Crippen molar-refractivity contribution >= 4 is 12.0 Å². The monoisotopic (exact) mass is 218 g/mol. The van der Waals surface area contributed by atoms with Crippen LogP contribution < -0.4 is 10.6 Å². The molecule has 0 bridgehead atoms. The van der Waals surface area contributed by atoms with Gasteiger partial charge in [0.15, 0.2) is 0 Å². The van der Waals surface area contributed by atoms with Gasteiger partial charge in [0.2, 0.25) is 5.91 Å². The molecule has 0 aliphatic carbocycles. The van der Waals surface area contributed by atoms with Gasteiger partial charge >= 0.3 is 6.09 Å². The molecule has 1 atom stereocenters. The number of hydrogen-bond acceptors (Lipinski definition) is 3. The Morgan fingerprint density at radius 2 is 1.87 bits per heavy atom. The van der Waals surface area contributed by atoms with Gasteiger partial charge in [-0.1, -0.05) is 20.8 Å². The molecule has 6 heteroatoms. The van der Waals surface area contributed by atoms with E-state index in [9.17, 15) is 9.59 Å². The van der Waals surface area contributed by atoms with Crippen LogP contribution in [0.5, 0.6) is 0 Å². The number of hydrogen-bond donors (Lipinski definition) is 4. The molecule has 4 N–H and O–H groups in total. The van der Waals surface area contributed by atoms with Crippen molar-refractivity contribution in [2.24, 2.45) is 5.41 Å². The quantitative estimate of drug-likeness (QED) is 0.524. The summed E-state index contributed by atoms with van der Waals surface area (Å²) in [6.45, 7) is 5.22. The smallest absolute Gasteiger partial charge is 0.405 e. The Balaban J connectivity index is 4.49. The predicted molar refractivity (Wildman–Crippen MR) is 54.5 cm³/mol. The third-order valence-corrected chi connectivity index (χ3v) is 1.81. The zero-order valence-electron chi connectivity index (χ0n) is 9.20. The first-order chi connectivity index (χ1) is 6.79. The van der Waals surface area contributed by atoms with Crippen molar-refractivity contribution in [3.8, 4) is 0 Å². The summed E-state index contributed by atoms with van der Waals surface area (Å²) >= 11 is 0. The van der Waals surface area contributed by atoms with E-state index in [2.05, 4.69) is 10.6 Å². The van der Waals surface area contributed by atoms with Crippen LogP contribution in [0.15, 0.2) is 0 Å². The van der Waals surface area contributed by atoms with Crippen molar-refractivity contribution in [2.45, 2.75) is 26.8 Å². The Morgan fingerprint density at radius 1 is 1.33 bits per heavy atom. The van der Waals surface area contributed by atoms with Crippen LogP contribution in [0, 0.1) is 5.41 Å². The first-order valence-electron chi connectivity index (χ1n) is 4.67. The fourth-order valence-corrected chi connectivity index (χ4v) is 1.08. The second-order valence-corrected chi connectivity index (χ2v) is 4.26. The summed E-state index contributed by atoms with van der Waals surface area (Å²) in [4.78, 5) is 22.0. The molecule has 15 heavy (non-hydrogen) atoms. The number of amides is 2. The van der Waals surface area contributed by atoms with Crippen molar-refractivity contribution < 1.29 is 19.8 Å². The maximum absolute atomic E-state index is 11.5. The van der Waals surface area contributed by atoms with Crippen molar-refractivity contribution in [3.63, 3.8) is 0 Å². The minimum Gasteiger partial charge on any atom is -0.465 e. The van der Waals surface area contributed by atoms with Crippen LogP contribution in [0.3, 0.4) is 0 Å². The largest absolute Gasteiger partial charge is 0.465 e. The molecule has 0 aliphatic rings. The lowest BCUT2D eigenvalue weighted by molar-refractivity contribution is -0.125. The minimum absolute atomic E-state index is 0.118. The normalized spacial score (nSPS) is 13.1. The van der Waals surface area contributed by atoms with Crippen molar-refractivity contribution in [3.05, 3.63) is 0 Å². The number of carbonyl (C=O) groups excluding carboxylic acids is 1. The molecule has 2 amide bonds. The van der Waals surface area contributed by atoms with Crippen LogP contribution in [-0.4, -0.2) is 41.4 Å². The lowest BCUT2D eigenvalue weighted by Gasteiger charge is -2.29. The Labute approximate surface area is 88.7 Å². The van der Waals surface area contributed by atoms with Gasteiger partial charge in [-0.3, -0.25) is 4.79 Å². The molecule has 0 radical (unpaired) electrons. The molecule has 0 unspecified atom stereocenters. The van der Waals surface area contributed by atoms with E-state index < -0.39 is 23.5 Å². The van der Waals surface area contributed by atoms with E-state index in [1.54, 1.807) is 20.8 Å². The number of rotatable bonds is 4. The number of aliphatic hydroxyl groups is 1. The van der Waals surface area contributed by atoms with Gasteiger partial charge < -0.3 is 20.8 Å². The molecule has 0 aromatic heterocycles. The molecule has 0 aromatic carbocycles. The first kappa shape index (κ1) is 13.7. The Morgan fingerprint density at radius 3 is 2.20 bits per heavy atom. The van der Waals surface area contributed by atoms with Crippen LogP contribution in [0.1, 0.15) is 20.8 Å². The van der Waals surface area contributed by atoms with E-state index in [1.165, 1.54) is 0 Å². The van der Waals surface area contributed by atoms with Gasteiger partial charge in [0.05, 0.1) is 6.61 Å². The minimum atomic E-state index is -1.24. The third-order valence-electron chi connectivity index (χ3n) is 1.81. The Hall–Kier alpha value is -1.30. The van der Waals surface area contributed by atoms with Crippen molar-refractivity contribution in [2.75, 3.05) is 13.2 Å². The zero-order chi connectivity index (χ0) is 12.1. The molecule has 0 saturated carbocycles. The fourth-order valence-electron chi connectivity index (χ4n) is 1.08. The van der Waals surface area contributed by atoms with Gasteiger partial charge in [-0.25, -0.2) is 4.79 Å². The van der Waals surface area contributed by atoms with E-state index in [-0.39, 0.29) is 13.2 Å². The molecule has 0 saturated heterocycles. The lowest BCUT2D eigenvalue weighted by atomic mass is 9.86. The fraction of sp³-hybridized carbons (Fsp3) is 0.778. The van der Waals surface area contributed by atoms with Gasteiger partial charge in [-0.05, 0) is 5.41 Å². The highest BCUT2D eigenvalue weighted by Crippen LogP contribution is 2.19.